The molecule has 0 radical (unpaired) electrons. The van der Waals surface area contributed by atoms with Crippen LogP contribution in [0.25, 0.3) is 0 Å². The Kier molecular flexibility index (Phi) is 4.14. The van der Waals surface area contributed by atoms with E-state index in [-0.39, 0.29) is 23.8 Å². The highest BCUT2D eigenvalue weighted by Crippen LogP contribution is 2.45. The molecule has 3 aliphatic heterocycles. The molecule has 6 nitrogen and oxygen atoms in total. The van der Waals surface area contributed by atoms with Gasteiger partial charge in [0, 0.05) is 29.5 Å². The molecule has 1 saturated heterocycles. The van der Waals surface area contributed by atoms with Gasteiger partial charge in [0.1, 0.15) is 6.17 Å². The van der Waals surface area contributed by atoms with E-state index in [0.717, 1.165) is 18.6 Å². The first-order valence-corrected chi connectivity index (χ1v) is 11.5. The zero-order valence-electron chi connectivity index (χ0n) is 16.8. The molecule has 0 aliphatic carbocycles. The third kappa shape index (κ3) is 2.66. The molecule has 1 aromatic heterocycles. The highest BCUT2D eigenvalue weighted by molar-refractivity contribution is 7.98. The summed E-state index contributed by atoms with van der Waals surface area (Å²) < 4.78 is 1.72. The summed E-state index contributed by atoms with van der Waals surface area (Å²) in [6, 6.07) is 18.0. The van der Waals surface area contributed by atoms with Gasteiger partial charge in [-0.2, -0.15) is 0 Å². The maximum Gasteiger partial charge on any atom is 0.278 e. The van der Waals surface area contributed by atoms with Crippen LogP contribution in [-0.2, 0) is 5.75 Å². The standard InChI is InChI=1S/C24H21N3O3S/c28-18-11-13-26-22(23(18)29)24(30)25-12-5-10-20(25)27(26)21-16-7-2-1-6-15(16)14-31-19-9-4-3-8-17(19)21/h1-4,6-9,11,13,20-21,29H,5,10,12,14H2. The number of rotatable bonds is 1. The lowest BCUT2D eigenvalue weighted by Gasteiger charge is -2.47. The van der Waals surface area contributed by atoms with Crippen LogP contribution in [-0.4, -0.2) is 33.3 Å². The molecule has 3 aromatic rings. The maximum atomic E-state index is 13.2. The predicted octanol–water partition coefficient (Wildman–Crippen LogP) is 3.46. The molecular formula is C24H21N3O3S. The van der Waals surface area contributed by atoms with Crippen molar-refractivity contribution in [3.8, 4) is 5.75 Å². The number of amides is 1. The van der Waals surface area contributed by atoms with Gasteiger partial charge >= 0.3 is 0 Å². The Balaban J connectivity index is 1.66. The molecule has 0 spiro atoms. The number of hydrogen-bond acceptors (Lipinski definition) is 5. The second-order valence-corrected chi connectivity index (χ2v) is 9.17. The number of hydrogen-bond donors (Lipinski definition) is 1. The van der Waals surface area contributed by atoms with E-state index in [2.05, 4.69) is 47.5 Å². The first kappa shape index (κ1) is 18.6. The SMILES string of the molecule is O=C1c2c(O)c(=O)ccn2N(C2c3ccccc3CSc3ccccc32)C2CCCN12. The van der Waals surface area contributed by atoms with Gasteiger partial charge < -0.3 is 10.0 Å². The molecule has 156 valence electrons. The number of carbonyl (C=O) groups is 1. The summed E-state index contributed by atoms with van der Waals surface area (Å²) in [4.78, 5) is 28.5. The van der Waals surface area contributed by atoms with E-state index in [1.165, 1.54) is 27.7 Å². The van der Waals surface area contributed by atoms with Crippen molar-refractivity contribution in [3.05, 3.63) is 93.4 Å². The number of thioether (sulfide) groups is 1. The molecule has 2 aromatic carbocycles. The second-order valence-electron chi connectivity index (χ2n) is 8.15. The molecule has 2 unspecified atom stereocenters. The molecular weight excluding hydrogens is 410 g/mol. The van der Waals surface area contributed by atoms with Crippen LogP contribution in [0, 0.1) is 0 Å². The van der Waals surface area contributed by atoms with Gasteiger partial charge in [0.15, 0.2) is 11.4 Å². The largest absolute Gasteiger partial charge is 0.502 e. The van der Waals surface area contributed by atoms with Gasteiger partial charge in [0.05, 0.1) is 6.04 Å². The molecule has 6 rings (SSSR count). The molecule has 1 N–H and O–H groups in total. The van der Waals surface area contributed by atoms with E-state index in [9.17, 15) is 14.7 Å². The van der Waals surface area contributed by atoms with Gasteiger partial charge in [0.25, 0.3) is 5.91 Å². The van der Waals surface area contributed by atoms with Crippen LogP contribution < -0.4 is 10.4 Å². The van der Waals surface area contributed by atoms with Gasteiger partial charge in [-0.3, -0.25) is 19.3 Å². The first-order chi connectivity index (χ1) is 15.1. The fraction of sp³-hybridized carbons (Fsp3) is 0.250. The third-order valence-electron chi connectivity index (χ3n) is 6.50. The minimum atomic E-state index is -0.533. The number of pyridine rings is 1. The van der Waals surface area contributed by atoms with E-state index >= 15 is 0 Å². The highest BCUT2D eigenvalue weighted by atomic mass is 32.2. The number of fused-ring (bicyclic) bond motifs is 4. The Morgan fingerprint density at radius 2 is 1.74 bits per heavy atom. The van der Waals surface area contributed by atoms with Crippen LogP contribution in [0.4, 0.5) is 0 Å². The molecule has 0 bridgehead atoms. The first-order valence-electron chi connectivity index (χ1n) is 10.5. The fourth-order valence-electron chi connectivity index (χ4n) is 5.12. The normalized spacial score (nSPS) is 21.7. The van der Waals surface area contributed by atoms with Crippen molar-refractivity contribution < 1.29 is 9.90 Å². The van der Waals surface area contributed by atoms with E-state index in [0.29, 0.717) is 6.54 Å². The van der Waals surface area contributed by atoms with E-state index in [1.807, 2.05) is 17.8 Å². The summed E-state index contributed by atoms with van der Waals surface area (Å²) >= 11 is 1.82. The maximum absolute atomic E-state index is 13.2. The van der Waals surface area contributed by atoms with Crippen molar-refractivity contribution in [3.63, 3.8) is 0 Å². The predicted molar refractivity (Wildman–Crippen MR) is 119 cm³/mol. The van der Waals surface area contributed by atoms with Crippen molar-refractivity contribution in [1.82, 2.24) is 9.58 Å². The molecule has 4 heterocycles. The number of aromatic nitrogens is 1. The minimum Gasteiger partial charge on any atom is -0.502 e. The lowest BCUT2D eigenvalue weighted by atomic mass is 9.93. The topological polar surface area (TPSA) is 65.8 Å². The van der Waals surface area contributed by atoms with Crippen LogP contribution in [0.15, 0.2) is 70.5 Å². The quantitative estimate of drug-likeness (QED) is 0.639. The molecule has 3 aliphatic rings. The second kappa shape index (κ2) is 6.92. The summed E-state index contributed by atoms with van der Waals surface area (Å²) in [5, 5.41) is 12.8. The average molecular weight is 432 g/mol. The zero-order chi connectivity index (χ0) is 21.1. The van der Waals surface area contributed by atoms with Crippen molar-refractivity contribution in [2.45, 2.75) is 35.7 Å². The van der Waals surface area contributed by atoms with E-state index in [1.54, 1.807) is 15.8 Å². The average Bonchev–Trinajstić information content (AvgIpc) is 3.22. The monoisotopic (exact) mass is 431 g/mol. The molecule has 7 heteroatoms. The number of nitrogens with zero attached hydrogens (tertiary/aromatic N) is 3. The molecule has 31 heavy (non-hydrogen) atoms. The zero-order valence-corrected chi connectivity index (χ0v) is 17.6. The molecule has 1 amide bonds. The van der Waals surface area contributed by atoms with E-state index in [4.69, 9.17) is 0 Å². The Morgan fingerprint density at radius 1 is 0.968 bits per heavy atom. The van der Waals surface area contributed by atoms with Crippen LogP contribution in [0.3, 0.4) is 0 Å². The van der Waals surface area contributed by atoms with Crippen LogP contribution in [0.2, 0.25) is 0 Å². The summed E-state index contributed by atoms with van der Waals surface area (Å²) in [5.74, 6) is 0.110. The summed E-state index contributed by atoms with van der Waals surface area (Å²) in [6.07, 6.45) is 3.22. The fourth-order valence-corrected chi connectivity index (χ4v) is 6.22. The van der Waals surface area contributed by atoms with Gasteiger partial charge in [-0.05, 0) is 35.6 Å². The highest BCUT2D eigenvalue weighted by Gasteiger charge is 2.46. The molecule has 0 saturated carbocycles. The Morgan fingerprint density at radius 3 is 2.61 bits per heavy atom. The number of aromatic hydroxyl groups is 1. The van der Waals surface area contributed by atoms with Crippen molar-refractivity contribution >= 4 is 17.7 Å². The van der Waals surface area contributed by atoms with Crippen molar-refractivity contribution in [2.75, 3.05) is 11.6 Å². The van der Waals surface area contributed by atoms with Gasteiger partial charge in [-0.25, -0.2) is 0 Å². The lowest BCUT2D eigenvalue weighted by Crippen LogP contribution is -2.60. The van der Waals surface area contributed by atoms with Crippen molar-refractivity contribution in [2.24, 2.45) is 0 Å². The number of benzene rings is 2. The third-order valence-corrected chi connectivity index (χ3v) is 7.64. The summed E-state index contributed by atoms with van der Waals surface area (Å²) in [5.41, 5.74) is 3.13. The molecule has 1 fully saturated rings. The van der Waals surface area contributed by atoms with Crippen LogP contribution in [0.5, 0.6) is 5.75 Å². The smallest absolute Gasteiger partial charge is 0.278 e. The van der Waals surface area contributed by atoms with Crippen molar-refractivity contribution in [1.29, 1.82) is 0 Å². The van der Waals surface area contributed by atoms with E-state index < -0.39 is 11.2 Å². The molecule has 2 atom stereocenters. The van der Waals surface area contributed by atoms with Gasteiger partial charge in [0.2, 0.25) is 5.43 Å². The summed E-state index contributed by atoms with van der Waals surface area (Å²) in [7, 11) is 0. The minimum absolute atomic E-state index is 0.0533. The number of carbonyl (C=O) groups excluding carboxylic acids is 1. The Labute approximate surface area is 183 Å². The Bertz CT molecular complexity index is 1220. The van der Waals surface area contributed by atoms with Crippen LogP contribution >= 0.6 is 11.8 Å². The van der Waals surface area contributed by atoms with Crippen LogP contribution in [0.1, 0.15) is 46.1 Å². The Hall–Kier alpha value is -3.19. The van der Waals surface area contributed by atoms with Gasteiger partial charge in [-0.1, -0.05) is 42.5 Å². The lowest BCUT2D eigenvalue weighted by molar-refractivity contribution is 0.0634. The summed E-state index contributed by atoms with van der Waals surface area (Å²) in [6.45, 7) is 0.618. The van der Waals surface area contributed by atoms with Gasteiger partial charge in [-0.15, -0.1) is 11.8 Å².